The first-order valence-corrected chi connectivity index (χ1v) is 16.2. The molecular weight excluding hydrogens is 632 g/mol. The van der Waals surface area contributed by atoms with Gasteiger partial charge in [-0.15, -0.1) is 6.58 Å². The summed E-state index contributed by atoms with van der Waals surface area (Å²) in [7, 11) is 0. The summed E-state index contributed by atoms with van der Waals surface area (Å²) >= 11 is 0. The van der Waals surface area contributed by atoms with Crippen molar-refractivity contribution in [1.82, 2.24) is 0 Å². The maximum absolute atomic E-state index is 14.5. The highest BCUT2D eigenvalue weighted by Gasteiger charge is 2.78. The lowest BCUT2D eigenvalue weighted by Gasteiger charge is -2.67. The summed E-state index contributed by atoms with van der Waals surface area (Å²) in [6, 6.07) is 16.1. The van der Waals surface area contributed by atoms with Gasteiger partial charge in [0.15, 0.2) is 17.5 Å². The highest BCUT2D eigenvalue weighted by molar-refractivity contribution is 6.07. The number of Topliss-reactive ketones (excluding diaryl/α,β-unsaturated/α-hetero) is 2. The standard InChI is InChI=1S/C38H42O11/c1-8-36(6)20-25(41)29-37(7)26(19-27(46-21(2)39)38(29,45)34(36)44)35(4,5)30(48-32(42)23-15-11-9-12-16-23)28(47-22(3)40)31(37)49-33(43)24-17-13-10-14-18-24/h8-18,26-31,45H,1,19-20H2,2-7H3/t26-,27+,28-,29+,30+,31-,36-,37-,38-/m0/s1. The number of ether oxygens (including phenoxy) is 4. The molecule has 0 radical (unpaired) electrons. The van der Waals surface area contributed by atoms with Gasteiger partial charge >= 0.3 is 23.9 Å². The molecule has 0 aliphatic heterocycles. The van der Waals surface area contributed by atoms with E-state index in [2.05, 4.69) is 6.58 Å². The summed E-state index contributed by atoms with van der Waals surface area (Å²) in [5, 5.41) is 12.6. The van der Waals surface area contributed by atoms with E-state index in [1.165, 1.54) is 25.1 Å². The molecule has 0 saturated heterocycles. The molecule has 0 unspecified atom stereocenters. The van der Waals surface area contributed by atoms with Crippen molar-refractivity contribution < 1.29 is 52.8 Å². The zero-order valence-electron chi connectivity index (χ0n) is 28.5. The van der Waals surface area contributed by atoms with Crippen LogP contribution in [0.25, 0.3) is 0 Å². The molecule has 260 valence electrons. The highest BCUT2D eigenvalue weighted by atomic mass is 16.6. The molecule has 3 aliphatic carbocycles. The van der Waals surface area contributed by atoms with Crippen LogP contribution >= 0.6 is 0 Å². The Kier molecular flexibility index (Phi) is 9.22. The quantitative estimate of drug-likeness (QED) is 0.251. The van der Waals surface area contributed by atoms with Crippen LogP contribution in [0, 0.1) is 28.1 Å². The third kappa shape index (κ3) is 5.77. The number of benzene rings is 2. The third-order valence-corrected chi connectivity index (χ3v) is 10.9. The summed E-state index contributed by atoms with van der Waals surface area (Å²) < 4.78 is 24.0. The number of fused-ring (bicyclic) bond motifs is 3. The maximum Gasteiger partial charge on any atom is 0.338 e. The minimum Gasteiger partial charge on any atom is -0.459 e. The van der Waals surface area contributed by atoms with Crippen LogP contribution in [-0.4, -0.2) is 70.6 Å². The predicted molar refractivity (Wildman–Crippen MR) is 174 cm³/mol. The first-order valence-electron chi connectivity index (χ1n) is 16.2. The van der Waals surface area contributed by atoms with Gasteiger partial charge in [-0.05, 0) is 43.5 Å². The average molecular weight is 675 g/mol. The maximum atomic E-state index is 14.5. The normalized spacial score (nSPS) is 34.8. The molecule has 1 N–H and O–H groups in total. The zero-order chi connectivity index (χ0) is 36.1. The number of rotatable bonds is 7. The zero-order valence-corrected chi connectivity index (χ0v) is 28.5. The molecule has 2 aromatic carbocycles. The summed E-state index contributed by atoms with van der Waals surface area (Å²) in [4.78, 5) is 81.7. The third-order valence-electron chi connectivity index (χ3n) is 10.9. The Morgan fingerprint density at radius 2 is 1.27 bits per heavy atom. The summed E-state index contributed by atoms with van der Waals surface area (Å²) in [6.07, 6.45) is -5.10. The van der Waals surface area contributed by atoms with E-state index in [4.69, 9.17) is 18.9 Å². The second kappa shape index (κ2) is 12.7. The van der Waals surface area contributed by atoms with Crippen molar-refractivity contribution in [3.05, 3.63) is 84.4 Å². The first-order chi connectivity index (χ1) is 22.9. The predicted octanol–water partition coefficient (Wildman–Crippen LogP) is 4.45. The van der Waals surface area contributed by atoms with Crippen molar-refractivity contribution in [3.63, 3.8) is 0 Å². The van der Waals surface area contributed by atoms with Crippen LogP contribution < -0.4 is 0 Å². The van der Waals surface area contributed by atoms with E-state index in [0.717, 1.165) is 13.8 Å². The molecule has 3 fully saturated rings. The van der Waals surface area contributed by atoms with Crippen LogP contribution in [0.15, 0.2) is 73.3 Å². The molecule has 0 amide bonds. The van der Waals surface area contributed by atoms with E-state index < -0.39 is 93.5 Å². The minimum absolute atomic E-state index is 0.140. The van der Waals surface area contributed by atoms with E-state index in [1.807, 2.05) is 0 Å². The lowest BCUT2D eigenvalue weighted by Crippen LogP contribution is -2.80. The molecule has 2 aromatic rings. The van der Waals surface area contributed by atoms with Crippen LogP contribution in [0.2, 0.25) is 0 Å². The van der Waals surface area contributed by atoms with Gasteiger partial charge in [0.05, 0.1) is 22.5 Å². The molecule has 0 bridgehead atoms. The second-order valence-electron chi connectivity index (χ2n) is 14.4. The number of ketones is 2. The van der Waals surface area contributed by atoms with Gasteiger partial charge < -0.3 is 24.1 Å². The first kappa shape index (κ1) is 35.7. The number of allylic oxidation sites excluding steroid dienone is 1. The molecule has 0 heterocycles. The topological polar surface area (TPSA) is 160 Å². The van der Waals surface area contributed by atoms with Crippen molar-refractivity contribution in [3.8, 4) is 0 Å². The Balaban J connectivity index is 1.77. The van der Waals surface area contributed by atoms with Crippen LogP contribution in [0.5, 0.6) is 0 Å². The SMILES string of the molecule is C=C[C@@]1(C)CC(=O)[C@H]2[C@](O)(C1=O)[C@H](OC(C)=O)C[C@H]1C(C)(C)[C@H](OC(=O)c3ccccc3)[C@H](OC(C)=O)[C@H](OC(=O)c3ccccc3)[C@@]12C. The highest BCUT2D eigenvalue weighted by Crippen LogP contribution is 2.66. The fraction of sp³-hybridized carbons (Fsp3) is 0.474. The number of esters is 4. The number of hydrogen-bond acceptors (Lipinski definition) is 11. The van der Waals surface area contributed by atoms with Gasteiger partial charge in [0.1, 0.15) is 24.1 Å². The van der Waals surface area contributed by atoms with Gasteiger partial charge in [0.2, 0.25) is 0 Å². The van der Waals surface area contributed by atoms with E-state index >= 15 is 0 Å². The van der Waals surface area contributed by atoms with Crippen LogP contribution in [0.3, 0.4) is 0 Å². The summed E-state index contributed by atoms with van der Waals surface area (Å²) in [5.41, 5.74) is -6.61. The van der Waals surface area contributed by atoms with Crippen LogP contribution in [0.4, 0.5) is 0 Å². The van der Waals surface area contributed by atoms with Gasteiger partial charge in [-0.2, -0.15) is 0 Å². The summed E-state index contributed by atoms with van der Waals surface area (Å²) in [6.45, 7) is 12.6. The van der Waals surface area contributed by atoms with Crippen molar-refractivity contribution in [1.29, 1.82) is 0 Å². The van der Waals surface area contributed by atoms with Crippen molar-refractivity contribution >= 4 is 35.4 Å². The largest absolute Gasteiger partial charge is 0.459 e. The van der Waals surface area contributed by atoms with Gasteiger partial charge in [-0.1, -0.05) is 63.2 Å². The van der Waals surface area contributed by atoms with E-state index in [9.17, 15) is 33.9 Å². The van der Waals surface area contributed by atoms with Gasteiger partial charge in [0, 0.05) is 31.1 Å². The lowest BCUT2D eigenvalue weighted by atomic mass is 9.39. The van der Waals surface area contributed by atoms with E-state index in [0.29, 0.717) is 0 Å². The molecular formula is C38H42O11. The minimum atomic E-state index is -2.59. The van der Waals surface area contributed by atoms with Gasteiger partial charge in [-0.3, -0.25) is 19.2 Å². The Hall–Kier alpha value is -4.64. The van der Waals surface area contributed by atoms with Crippen LogP contribution in [-0.2, 0) is 38.1 Å². The second-order valence-corrected chi connectivity index (χ2v) is 14.4. The fourth-order valence-electron chi connectivity index (χ4n) is 8.73. The molecule has 3 aliphatic rings. The van der Waals surface area contributed by atoms with Crippen molar-refractivity contribution in [2.75, 3.05) is 0 Å². The van der Waals surface area contributed by atoms with E-state index in [-0.39, 0.29) is 24.0 Å². The Morgan fingerprint density at radius 3 is 1.73 bits per heavy atom. The van der Waals surface area contributed by atoms with Gasteiger partial charge in [0.25, 0.3) is 0 Å². The number of carbonyl (C=O) groups is 6. The van der Waals surface area contributed by atoms with Crippen LogP contribution in [0.1, 0.15) is 75.1 Å². The molecule has 5 rings (SSSR count). The molecule has 11 nitrogen and oxygen atoms in total. The Labute approximate surface area is 284 Å². The fourth-order valence-corrected chi connectivity index (χ4v) is 8.73. The molecule has 0 spiro atoms. The number of carbonyl (C=O) groups excluding carboxylic acids is 6. The Bertz CT molecular complexity index is 1680. The number of aliphatic hydroxyl groups is 1. The lowest BCUT2D eigenvalue weighted by molar-refractivity contribution is -0.292. The Morgan fingerprint density at radius 1 is 0.776 bits per heavy atom. The monoisotopic (exact) mass is 674 g/mol. The molecule has 9 atom stereocenters. The van der Waals surface area contributed by atoms with Gasteiger partial charge in [-0.25, -0.2) is 9.59 Å². The number of hydrogen-bond donors (Lipinski definition) is 1. The molecule has 0 aromatic heterocycles. The smallest absolute Gasteiger partial charge is 0.338 e. The molecule has 3 saturated carbocycles. The summed E-state index contributed by atoms with van der Waals surface area (Å²) in [5.74, 6) is -6.97. The average Bonchev–Trinajstić information content (AvgIpc) is 3.05. The van der Waals surface area contributed by atoms with E-state index in [1.54, 1.807) is 69.3 Å². The van der Waals surface area contributed by atoms with Crippen molar-refractivity contribution in [2.24, 2.45) is 28.1 Å². The van der Waals surface area contributed by atoms with Crippen molar-refractivity contribution in [2.45, 2.75) is 84.4 Å². The molecule has 11 heteroatoms. The molecule has 49 heavy (non-hydrogen) atoms.